The molecule has 0 atom stereocenters. The molecule has 0 aromatic carbocycles. The van der Waals surface area contributed by atoms with E-state index in [-0.39, 0.29) is 5.91 Å². The number of rotatable bonds is 2. The second-order valence-corrected chi connectivity index (χ2v) is 8.56. The number of hydrogen-bond donors (Lipinski definition) is 1. The van der Waals surface area contributed by atoms with Crippen LogP contribution in [0.2, 0.25) is 0 Å². The fraction of sp³-hybridized carbons (Fsp3) is 0.400. The van der Waals surface area contributed by atoms with Gasteiger partial charge in [0.1, 0.15) is 5.65 Å². The molecule has 1 fully saturated rings. The zero-order valence-corrected chi connectivity index (χ0v) is 15.9. The SMILES string of the molecule is Cc1cn2cc(N3Cc4sc(C5CCNCC5)cc4C3=O)cc(C)c2n1. The Kier molecular flexibility index (Phi) is 3.65. The van der Waals surface area contributed by atoms with Gasteiger partial charge in [-0.3, -0.25) is 4.79 Å². The van der Waals surface area contributed by atoms with E-state index in [1.165, 1.54) is 22.6 Å². The molecule has 0 bridgehead atoms. The van der Waals surface area contributed by atoms with Crippen LogP contribution in [0.1, 0.15) is 50.1 Å². The van der Waals surface area contributed by atoms with Gasteiger partial charge in [0.2, 0.25) is 0 Å². The molecule has 26 heavy (non-hydrogen) atoms. The molecule has 5 heterocycles. The van der Waals surface area contributed by atoms with E-state index >= 15 is 0 Å². The Morgan fingerprint density at radius 2 is 2.00 bits per heavy atom. The van der Waals surface area contributed by atoms with Gasteiger partial charge in [0, 0.05) is 22.1 Å². The number of pyridine rings is 1. The van der Waals surface area contributed by atoms with Crippen LogP contribution in [0.5, 0.6) is 0 Å². The number of carbonyl (C=O) groups is 1. The van der Waals surface area contributed by atoms with Crippen molar-refractivity contribution in [2.75, 3.05) is 18.0 Å². The van der Waals surface area contributed by atoms with Crippen molar-refractivity contribution < 1.29 is 4.79 Å². The van der Waals surface area contributed by atoms with Gasteiger partial charge in [-0.1, -0.05) is 0 Å². The first kappa shape index (κ1) is 16.0. The summed E-state index contributed by atoms with van der Waals surface area (Å²) in [6.45, 7) is 6.89. The number of imidazole rings is 1. The average Bonchev–Trinajstić information content (AvgIpc) is 3.30. The summed E-state index contributed by atoms with van der Waals surface area (Å²) in [6.07, 6.45) is 6.38. The summed E-state index contributed by atoms with van der Waals surface area (Å²) in [4.78, 5) is 22.1. The first-order valence-electron chi connectivity index (χ1n) is 9.21. The number of carbonyl (C=O) groups excluding carboxylic acids is 1. The highest BCUT2D eigenvalue weighted by Crippen LogP contribution is 2.39. The monoisotopic (exact) mass is 366 g/mol. The number of fused-ring (bicyclic) bond motifs is 2. The van der Waals surface area contributed by atoms with Crippen molar-refractivity contribution in [2.24, 2.45) is 0 Å². The number of thiophene rings is 1. The van der Waals surface area contributed by atoms with E-state index in [2.05, 4.69) is 29.4 Å². The normalized spacial score (nSPS) is 18.1. The Balaban J connectivity index is 1.46. The summed E-state index contributed by atoms with van der Waals surface area (Å²) in [7, 11) is 0. The molecule has 134 valence electrons. The molecule has 0 aliphatic carbocycles. The molecule has 3 aromatic rings. The summed E-state index contributed by atoms with van der Waals surface area (Å²) in [5.41, 5.74) is 4.89. The predicted octanol–water partition coefficient (Wildman–Crippen LogP) is 3.64. The van der Waals surface area contributed by atoms with E-state index in [0.717, 1.165) is 41.2 Å². The Morgan fingerprint density at radius 3 is 2.77 bits per heavy atom. The molecule has 3 aromatic heterocycles. The van der Waals surface area contributed by atoms with Crippen molar-refractivity contribution in [3.8, 4) is 0 Å². The summed E-state index contributed by atoms with van der Waals surface area (Å²) in [5, 5.41) is 3.41. The van der Waals surface area contributed by atoms with E-state index < -0.39 is 0 Å². The van der Waals surface area contributed by atoms with Gasteiger partial charge in [-0.25, -0.2) is 4.98 Å². The minimum absolute atomic E-state index is 0.132. The molecular formula is C20H22N4OS. The smallest absolute Gasteiger partial charge is 0.259 e. The fourth-order valence-electron chi connectivity index (χ4n) is 4.14. The average molecular weight is 366 g/mol. The van der Waals surface area contributed by atoms with E-state index in [1.54, 1.807) is 0 Å². The molecule has 5 nitrogen and oxygen atoms in total. The molecule has 2 aliphatic heterocycles. The lowest BCUT2D eigenvalue weighted by atomic mass is 9.96. The molecule has 1 amide bonds. The molecule has 5 rings (SSSR count). The first-order valence-corrected chi connectivity index (χ1v) is 10.0. The van der Waals surface area contributed by atoms with Crippen molar-refractivity contribution in [1.29, 1.82) is 0 Å². The third kappa shape index (κ3) is 2.47. The largest absolute Gasteiger partial charge is 0.317 e. The quantitative estimate of drug-likeness (QED) is 0.753. The van der Waals surface area contributed by atoms with E-state index in [1.807, 2.05) is 40.0 Å². The molecular weight excluding hydrogens is 344 g/mol. The zero-order valence-electron chi connectivity index (χ0n) is 15.1. The van der Waals surface area contributed by atoms with E-state index in [0.29, 0.717) is 12.5 Å². The third-order valence-electron chi connectivity index (χ3n) is 5.50. The number of aryl methyl sites for hydroxylation is 2. The number of nitrogens with one attached hydrogen (secondary N) is 1. The number of hydrogen-bond acceptors (Lipinski definition) is 4. The summed E-state index contributed by atoms with van der Waals surface area (Å²) < 4.78 is 2.03. The zero-order chi connectivity index (χ0) is 17.8. The van der Waals surface area contributed by atoms with Crippen LogP contribution < -0.4 is 10.2 Å². The van der Waals surface area contributed by atoms with Gasteiger partial charge < -0.3 is 14.6 Å². The minimum atomic E-state index is 0.132. The van der Waals surface area contributed by atoms with Gasteiger partial charge >= 0.3 is 0 Å². The fourth-order valence-corrected chi connectivity index (χ4v) is 5.46. The van der Waals surface area contributed by atoms with Crippen LogP contribution in [0.3, 0.4) is 0 Å². The van der Waals surface area contributed by atoms with Crippen molar-refractivity contribution in [2.45, 2.75) is 39.2 Å². The van der Waals surface area contributed by atoms with Crippen LogP contribution in [0.4, 0.5) is 5.69 Å². The van der Waals surface area contributed by atoms with Crippen LogP contribution in [0, 0.1) is 13.8 Å². The number of amides is 1. The van der Waals surface area contributed by atoms with Gasteiger partial charge in [-0.2, -0.15) is 0 Å². The number of piperidine rings is 1. The van der Waals surface area contributed by atoms with Crippen molar-refractivity contribution in [3.05, 3.63) is 51.1 Å². The first-order chi connectivity index (χ1) is 12.6. The highest BCUT2D eigenvalue weighted by Gasteiger charge is 2.33. The standard InChI is InChI=1S/C20H22N4OS/c1-12-7-15(10-23-9-13(2)22-19(12)23)24-11-18-16(20(24)25)8-17(26-18)14-3-5-21-6-4-14/h7-10,14,21H,3-6,11H2,1-2H3. The third-order valence-corrected chi connectivity index (χ3v) is 6.78. The Labute approximate surface area is 156 Å². The lowest BCUT2D eigenvalue weighted by Crippen LogP contribution is -2.26. The van der Waals surface area contributed by atoms with Crippen LogP contribution in [0.25, 0.3) is 5.65 Å². The van der Waals surface area contributed by atoms with Crippen LogP contribution >= 0.6 is 11.3 Å². The summed E-state index contributed by atoms with van der Waals surface area (Å²) >= 11 is 1.83. The van der Waals surface area contributed by atoms with Gasteiger partial charge in [0.05, 0.1) is 23.5 Å². The number of nitrogens with zero attached hydrogens (tertiary/aromatic N) is 3. The van der Waals surface area contributed by atoms with Crippen LogP contribution in [-0.2, 0) is 6.54 Å². The van der Waals surface area contributed by atoms with Gasteiger partial charge in [0.25, 0.3) is 5.91 Å². The predicted molar refractivity (Wildman–Crippen MR) is 104 cm³/mol. The number of aromatic nitrogens is 2. The van der Waals surface area contributed by atoms with Gasteiger partial charge in [-0.15, -0.1) is 11.3 Å². The Hall–Kier alpha value is -2.18. The highest BCUT2D eigenvalue weighted by molar-refractivity contribution is 7.12. The maximum absolute atomic E-state index is 13.0. The molecule has 0 spiro atoms. The maximum atomic E-state index is 13.0. The maximum Gasteiger partial charge on any atom is 0.259 e. The van der Waals surface area contributed by atoms with Crippen LogP contribution in [0.15, 0.2) is 24.5 Å². The molecule has 0 saturated carbocycles. The lowest BCUT2D eigenvalue weighted by Gasteiger charge is -2.22. The molecule has 1 saturated heterocycles. The molecule has 1 N–H and O–H groups in total. The molecule has 0 radical (unpaired) electrons. The summed E-state index contributed by atoms with van der Waals surface area (Å²) in [6, 6.07) is 4.23. The second-order valence-electron chi connectivity index (χ2n) is 7.40. The molecule has 0 unspecified atom stereocenters. The van der Waals surface area contributed by atoms with Crippen molar-refractivity contribution >= 4 is 28.6 Å². The molecule has 2 aliphatic rings. The number of anilines is 1. The topological polar surface area (TPSA) is 49.6 Å². The van der Waals surface area contributed by atoms with E-state index in [4.69, 9.17) is 0 Å². The van der Waals surface area contributed by atoms with E-state index in [9.17, 15) is 4.79 Å². The van der Waals surface area contributed by atoms with Gasteiger partial charge in [0.15, 0.2) is 0 Å². The highest BCUT2D eigenvalue weighted by atomic mass is 32.1. The molecule has 6 heteroatoms. The summed E-state index contributed by atoms with van der Waals surface area (Å²) in [5.74, 6) is 0.743. The van der Waals surface area contributed by atoms with Crippen LogP contribution in [-0.4, -0.2) is 28.4 Å². The van der Waals surface area contributed by atoms with Crippen molar-refractivity contribution in [3.63, 3.8) is 0 Å². The second kappa shape index (κ2) is 5.93. The lowest BCUT2D eigenvalue weighted by molar-refractivity contribution is 0.0996. The Morgan fingerprint density at radius 1 is 1.19 bits per heavy atom. The minimum Gasteiger partial charge on any atom is -0.317 e. The van der Waals surface area contributed by atoms with Gasteiger partial charge in [-0.05, 0) is 63.4 Å². The Bertz CT molecular complexity index is 1010. The van der Waals surface area contributed by atoms with Crippen molar-refractivity contribution in [1.82, 2.24) is 14.7 Å².